The molecule has 8 nitrogen and oxygen atoms in total. The highest BCUT2D eigenvalue weighted by Crippen LogP contribution is 2.34. The summed E-state index contributed by atoms with van der Waals surface area (Å²) >= 11 is 9.42. The smallest absolute Gasteiger partial charge is 0.282 e. The van der Waals surface area contributed by atoms with Crippen molar-refractivity contribution in [3.63, 3.8) is 0 Å². The zero-order chi connectivity index (χ0) is 31.4. The van der Waals surface area contributed by atoms with E-state index in [1.165, 1.54) is 4.68 Å². The topological polar surface area (TPSA) is 94.8 Å². The highest BCUT2D eigenvalue weighted by Gasteiger charge is 2.18. The number of methoxy groups -OCH3 is 1. The predicted octanol–water partition coefficient (Wildman–Crippen LogP) is 7.82. The molecule has 0 saturated heterocycles. The van der Waals surface area contributed by atoms with Crippen LogP contribution in [0.3, 0.4) is 0 Å². The van der Waals surface area contributed by atoms with Crippen molar-refractivity contribution >= 4 is 56.2 Å². The Labute approximate surface area is 268 Å². The van der Waals surface area contributed by atoms with Crippen LogP contribution in [-0.2, 0) is 4.79 Å². The standard InChI is InChI=1S/C34H30BrClN4O4/c1-20(2)26-17-27(21(3)15-31(26)43-4)33-39-29-8-6-5-7-25(29)34(42)40(33)37-18-22-9-14-30(28(35)16-22)44-19-32(41)38-24-12-10-23(36)11-13-24/h5-18,20H,19H2,1-4H3,(H,38,41). The van der Waals surface area contributed by atoms with Crippen LogP contribution in [0.1, 0.15) is 36.5 Å². The first-order chi connectivity index (χ1) is 21.1. The highest BCUT2D eigenvalue weighted by molar-refractivity contribution is 9.10. The third-order valence-corrected chi connectivity index (χ3v) is 7.83. The summed E-state index contributed by atoms with van der Waals surface area (Å²) in [6.07, 6.45) is 1.59. The third kappa shape index (κ3) is 6.85. The largest absolute Gasteiger partial charge is 0.496 e. The highest BCUT2D eigenvalue weighted by atomic mass is 79.9. The van der Waals surface area contributed by atoms with Crippen molar-refractivity contribution in [1.82, 2.24) is 9.66 Å². The van der Waals surface area contributed by atoms with Gasteiger partial charge in [0.15, 0.2) is 12.4 Å². The molecule has 224 valence electrons. The maximum Gasteiger partial charge on any atom is 0.282 e. The van der Waals surface area contributed by atoms with Gasteiger partial charge < -0.3 is 14.8 Å². The summed E-state index contributed by atoms with van der Waals surface area (Å²) in [4.78, 5) is 31.0. The molecular formula is C34H30BrClN4O4. The Hall–Kier alpha value is -4.47. The summed E-state index contributed by atoms with van der Waals surface area (Å²) in [5, 5.41) is 8.42. The number of benzene rings is 4. The van der Waals surface area contributed by atoms with E-state index in [-0.39, 0.29) is 24.0 Å². The zero-order valence-electron chi connectivity index (χ0n) is 24.6. The van der Waals surface area contributed by atoms with Crippen LogP contribution in [0.25, 0.3) is 22.3 Å². The van der Waals surface area contributed by atoms with Gasteiger partial charge in [0.2, 0.25) is 0 Å². The second kappa shape index (κ2) is 13.4. The van der Waals surface area contributed by atoms with E-state index >= 15 is 0 Å². The van der Waals surface area contributed by atoms with Crippen LogP contribution in [0.2, 0.25) is 5.02 Å². The molecule has 0 unspecified atom stereocenters. The van der Waals surface area contributed by atoms with Gasteiger partial charge in [-0.3, -0.25) is 9.59 Å². The lowest BCUT2D eigenvalue weighted by atomic mass is 9.96. The van der Waals surface area contributed by atoms with Crippen molar-refractivity contribution in [2.24, 2.45) is 5.10 Å². The number of hydrogen-bond donors (Lipinski definition) is 1. The molecule has 0 atom stereocenters. The number of para-hydroxylation sites is 1. The van der Waals surface area contributed by atoms with E-state index in [9.17, 15) is 9.59 Å². The molecule has 1 N–H and O–H groups in total. The molecule has 1 heterocycles. The molecule has 1 aromatic heterocycles. The molecule has 0 saturated carbocycles. The number of fused-ring (bicyclic) bond motifs is 1. The number of aryl methyl sites for hydroxylation is 1. The average molecular weight is 674 g/mol. The molecule has 0 bridgehead atoms. The van der Waals surface area contributed by atoms with Crippen LogP contribution in [-0.4, -0.2) is 35.5 Å². The summed E-state index contributed by atoms with van der Waals surface area (Å²) in [5.41, 5.74) is 4.33. The Kier molecular flexibility index (Phi) is 9.46. The molecule has 1 amide bonds. The van der Waals surface area contributed by atoms with Crippen molar-refractivity contribution in [2.75, 3.05) is 19.0 Å². The number of hydrogen-bond acceptors (Lipinski definition) is 6. The van der Waals surface area contributed by atoms with Crippen molar-refractivity contribution in [3.05, 3.63) is 115 Å². The maximum atomic E-state index is 13.7. The van der Waals surface area contributed by atoms with Crippen molar-refractivity contribution in [2.45, 2.75) is 26.7 Å². The number of rotatable bonds is 9. The Morgan fingerprint density at radius 1 is 1.07 bits per heavy atom. The molecule has 44 heavy (non-hydrogen) atoms. The van der Waals surface area contributed by atoms with Crippen LogP contribution in [0.5, 0.6) is 11.5 Å². The number of anilines is 1. The summed E-state index contributed by atoms with van der Waals surface area (Å²) in [6.45, 7) is 5.96. The molecule has 5 aromatic rings. The Morgan fingerprint density at radius 3 is 2.52 bits per heavy atom. The number of nitrogens with one attached hydrogen (secondary N) is 1. The quantitative estimate of drug-likeness (QED) is 0.161. The van der Waals surface area contributed by atoms with Crippen molar-refractivity contribution in [1.29, 1.82) is 0 Å². The first-order valence-electron chi connectivity index (χ1n) is 13.9. The lowest BCUT2D eigenvalue weighted by Crippen LogP contribution is -2.21. The minimum atomic E-state index is -0.310. The number of aromatic nitrogens is 2. The molecule has 0 radical (unpaired) electrons. The molecule has 0 fully saturated rings. The van der Waals surface area contributed by atoms with Gasteiger partial charge in [-0.25, -0.2) is 4.98 Å². The lowest BCUT2D eigenvalue weighted by Gasteiger charge is -2.17. The van der Waals surface area contributed by atoms with E-state index < -0.39 is 0 Å². The summed E-state index contributed by atoms with van der Waals surface area (Å²) in [7, 11) is 1.65. The first-order valence-corrected chi connectivity index (χ1v) is 15.0. The maximum absolute atomic E-state index is 13.7. The molecule has 0 spiro atoms. The number of carbonyl (C=O) groups is 1. The zero-order valence-corrected chi connectivity index (χ0v) is 26.9. The number of ether oxygens (including phenoxy) is 2. The predicted molar refractivity (Wildman–Crippen MR) is 180 cm³/mol. The summed E-state index contributed by atoms with van der Waals surface area (Å²) < 4.78 is 13.3. The Balaban J connectivity index is 1.44. The molecular weight excluding hydrogens is 644 g/mol. The van der Waals surface area contributed by atoms with Gasteiger partial charge in [-0.2, -0.15) is 9.78 Å². The van der Waals surface area contributed by atoms with Gasteiger partial charge in [-0.1, -0.05) is 37.6 Å². The average Bonchev–Trinajstić information content (AvgIpc) is 3.01. The monoisotopic (exact) mass is 672 g/mol. The fourth-order valence-electron chi connectivity index (χ4n) is 4.68. The molecule has 10 heteroatoms. The van der Waals surface area contributed by atoms with Crippen LogP contribution in [0.4, 0.5) is 5.69 Å². The summed E-state index contributed by atoms with van der Waals surface area (Å²) in [6, 6.07) is 23.3. The molecule has 5 rings (SSSR count). The van der Waals surface area contributed by atoms with Gasteiger partial charge in [0.1, 0.15) is 11.5 Å². The SMILES string of the molecule is COc1cc(C)c(-c2nc3ccccc3c(=O)n2N=Cc2ccc(OCC(=O)Nc3ccc(Cl)cc3)c(Br)c2)cc1C(C)C. The van der Waals surface area contributed by atoms with E-state index in [4.69, 9.17) is 26.1 Å². The molecule has 0 aliphatic carbocycles. The van der Waals surface area contributed by atoms with Crippen LogP contribution in [0.15, 0.2) is 93.2 Å². The number of amides is 1. The van der Waals surface area contributed by atoms with E-state index in [2.05, 4.69) is 40.2 Å². The minimum absolute atomic E-state index is 0.185. The third-order valence-electron chi connectivity index (χ3n) is 6.96. The normalized spacial score (nSPS) is 11.3. The van der Waals surface area contributed by atoms with Crippen molar-refractivity contribution < 1.29 is 14.3 Å². The molecule has 0 aliphatic rings. The van der Waals surface area contributed by atoms with Gasteiger partial charge in [0.25, 0.3) is 11.5 Å². The van der Waals surface area contributed by atoms with E-state index in [0.717, 1.165) is 22.4 Å². The lowest BCUT2D eigenvalue weighted by molar-refractivity contribution is -0.118. The number of nitrogens with zero attached hydrogens (tertiary/aromatic N) is 3. The number of halogens is 2. The molecule has 4 aromatic carbocycles. The minimum Gasteiger partial charge on any atom is -0.496 e. The van der Waals surface area contributed by atoms with E-state index in [1.807, 2.05) is 31.2 Å². The number of carbonyl (C=O) groups excluding carboxylic acids is 1. The Bertz CT molecular complexity index is 1940. The van der Waals surface area contributed by atoms with Gasteiger partial charge >= 0.3 is 0 Å². The van der Waals surface area contributed by atoms with E-state index in [0.29, 0.717) is 43.2 Å². The fraction of sp³-hybridized carbons (Fsp3) is 0.176. The van der Waals surface area contributed by atoms with Crippen LogP contribution in [0, 0.1) is 6.92 Å². The van der Waals surface area contributed by atoms with E-state index in [1.54, 1.807) is 67.9 Å². The second-order valence-electron chi connectivity index (χ2n) is 10.4. The van der Waals surface area contributed by atoms with Gasteiger partial charge in [-0.15, -0.1) is 0 Å². The fourth-order valence-corrected chi connectivity index (χ4v) is 5.32. The second-order valence-corrected chi connectivity index (χ2v) is 11.7. The van der Waals surface area contributed by atoms with Gasteiger partial charge in [-0.05, 0) is 112 Å². The Morgan fingerprint density at radius 2 is 1.82 bits per heavy atom. The summed E-state index contributed by atoms with van der Waals surface area (Å²) in [5.74, 6) is 1.57. The van der Waals surface area contributed by atoms with Crippen molar-refractivity contribution in [3.8, 4) is 22.9 Å². The van der Waals surface area contributed by atoms with Crippen LogP contribution < -0.4 is 20.3 Å². The van der Waals surface area contributed by atoms with Crippen LogP contribution >= 0.6 is 27.5 Å². The molecule has 0 aliphatic heterocycles. The van der Waals surface area contributed by atoms with Gasteiger partial charge in [0.05, 0.1) is 28.7 Å². The van der Waals surface area contributed by atoms with Gasteiger partial charge in [0, 0.05) is 16.3 Å². The first kappa shape index (κ1) is 31.0.